The number of nitrogens with one attached hydrogen (secondary N) is 1. The summed E-state index contributed by atoms with van der Waals surface area (Å²) in [6.45, 7) is 2.04. The van der Waals surface area contributed by atoms with Gasteiger partial charge in [-0.2, -0.15) is 0 Å². The minimum absolute atomic E-state index is 0.00945. The molecule has 0 aromatic heterocycles. The molecule has 104 valence electrons. The Hall–Kier alpha value is -2.61. The maximum atomic E-state index is 12.2. The first-order valence-electron chi connectivity index (χ1n) is 7.05. The molecule has 1 N–H and O–H groups in total. The molecule has 2 heteroatoms. The number of fused-ring (bicyclic) bond motifs is 1. The quantitative estimate of drug-likeness (QED) is 0.757. The van der Waals surface area contributed by atoms with Gasteiger partial charge in [-0.25, -0.2) is 0 Å². The summed E-state index contributed by atoms with van der Waals surface area (Å²) in [6, 6.07) is 22.1. The number of carbonyl (C=O) groups is 1. The molecular weight excluding hydrogens is 258 g/mol. The Kier molecular flexibility index (Phi) is 3.69. The molecule has 0 radical (unpaired) electrons. The number of hydrogen-bond acceptors (Lipinski definition) is 1. The molecule has 0 unspecified atom stereocenters. The zero-order valence-corrected chi connectivity index (χ0v) is 12.0. The topological polar surface area (TPSA) is 29.1 Å². The van der Waals surface area contributed by atoms with Gasteiger partial charge in [-0.1, -0.05) is 66.2 Å². The van der Waals surface area contributed by atoms with Gasteiger partial charge in [-0.15, -0.1) is 0 Å². The molecule has 0 bridgehead atoms. The Bertz CT molecular complexity index is 770. The second-order valence-electron chi connectivity index (χ2n) is 5.24. The van der Waals surface area contributed by atoms with Crippen LogP contribution in [0.1, 0.15) is 11.1 Å². The zero-order chi connectivity index (χ0) is 14.7. The van der Waals surface area contributed by atoms with Crippen LogP contribution in [0, 0.1) is 6.92 Å². The molecule has 21 heavy (non-hydrogen) atoms. The average Bonchev–Trinajstić information content (AvgIpc) is 2.50. The van der Waals surface area contributed by atoms with Crippen LogP contribution >= 0.6 is 0 Å². The highest BCUT2D eigenvalue weighted by molar-refractivity contribution is 6.02. The Labute approximate surface area is 124 Å². The van der Waals surface area contributed by atoms with Gasteiger partial charge in [0.25, 0.3) is 0 Å². The first-order valence-corrected chi connectivity index (χ1v) is 7.05. The molecule has 0 spiro atoms. The van der Waals surface area contributed by atoms with Gasteiger partial charge in [-0.05, 0) is 23.9 Å². The van der Waals surface area contributed by atoms with E-state index in [9.17, 15) is 4.79 Å². The van der Waals surface area contributed by atoms with Gasteiger partial charge in [0.05, 0.1) is 6.42 Å². The first-order chi connectivity index (χ1) is 10.2. The van der Waals surface area contributed by atoms with Crippen molar-refractivity contribution in [3.8, 4) is 0 Å². The van der Waals surface area contributed by atoms with Crippen LogP contribution in [-0.4, -0.2) is 5.91 Å². The van der Waals surface area contributed by atoms with E-state index in [0.717, 1.165) is 22.0 Å². The van der Waals surface area contributed by atoms with Gasteiger partial charge in [0.1, 0.15) is 0 Å². The van der Waals surface area contributed by atoms with Crippen molar-refractivity contribution >= 4 is 22.4 Å². The van der Waals surface area contributed by atoms with Crippen molar-refractivity contribution < 1.29 is 4.79 Å². The van der Waals surface area contributed by atoms with E-state index in [1.54, 1.807) is 0 Å². The second kappa shape index (κ2) is 5.80. The van der Waals surface area contributed by atoms with Crippen LogP contribution in [0.3, 0.4) is 0 Å². The van der Waals surface area contributed by atoms with Crippen molar-refractivity contribution in [2.45, 2.75) is 13.3 Å². The third-order valence-electron chi connectivity index (χ3n) is 3.55. The number of hydrogen-bond donors (Lipinski definition) is 1. The number of rotatable bonds is 3. The number of benzene rings is 3. The minimum Gasteiger partial charge on any atom is -0.325 e. The smallest absolute Gasteiger partial charge is 0.228 e. The van der Waals surface area contributed by atoms with Gasteiger partial charge < -0.3 is 5.32 Å². The molecule has 2 nitrogen and oxygen atoms in total. The highest BCUT2D eigenvalue weighted by Gasteiger charge is 2.06. The summed E-state index contributed by atoms with van der Waals surface area (Å²) in [5.41, 5.74) is 3.09. The predicted octanol–water partition coefficient (Wildman–Crippen LogP) is 4.33. The summed E-state index contributed by atoms with van der Waals surface area (Å²) >= 11 is 0. The van der Waals surface area contributed by atoms with Crippen molar-refractivity contribution in [1.82, 2.24) is 0 Å². The van der Waals surface area contributed by atoms with Crippen molar-refractivity contribution in [1.29, 1.82) is 0 Å². The number of anilines is 1. The van der Waals surface area contributed by atoms with Gasteiger partial charge in [-0.3, -0.25) is 4.79 Å². The number of aryl methyl sites for hydroxylation is 1. The Morgan fingerprint density at radius 1 is 0.905 bits per heavy atom. The standard InChI is InChI=1S/C19H17NO/c1-14-9-11-15(12-10-14)13-19(21)20-18-8-4-6-16-5-2-3-7-17(16)18/h2-12H,13H2,1H3,(H,20,21). The maximum absolute atomic E-state index is 12.2. The molecule has 0 aliphatic rings. The van der Waals surface area contributed by atoms with Gasteiger partial charge >= 0.3 is 0 Å². The SMILES string of the molecule is Cc1ccc(CC(=O)Nc2cccc3ccccc23)cc1. The van der Waals surface area contributed by atoms with E-state index in [2.05, 4.69) is 5.32 Å². The van der Waals surface area contributed by atoms with Crippen molar-refractivity contribution in [2.75, 3.05) is 5.32 Å². The van der Waals surface area contributed by atoms with Crippen LogP contribution in [0.5, 0.6) is 0 Å². The molecule has 0 saturated carbocycles. The second-order valence-corrected chi connectivity index (χ2v) is 5.24. The van der Waals surface area contributed by atoms with E-state index in [-0.39, 0.29) is 5.91 Å². The number of carbonyl (C=O) groups excluding carboxylic acids is 1. The Morgan fingerprint density at radius 2 is 1.62 bits per heavy atom. The van der Waals surface area contributed by atoms with E-state index >= 15 is 0 Å². The third kappa shape index (κ3) is 3.11. The highest BCUT2D eigenvalue weighted by Crippen LogP contribution is 2.23. The van der Waals surface area contributed by atoms with E-state index in [1.807, 2.05) is 73.7 Å². The van der Waals surface area contributed by atoms with Crippen LogP contribution in [-0.2, 0) is 11.2 Å². The lowest BCUT2D eigenvalue weighted by molar-refractivity contribution is -0.115. The minimum atomic E-state index is 0.00945. The fourth-order valence-corrected chi connectivity index (χ4v) is 2.42. The van der Waals surface area contributed by atoms with Crippen LogP contribution in [0.25, 0.3) is 10.8 Å². The molecule has 3 aromatic carbocycles. The summed E-state index contributed by atoms with van der Waals surface area (Å²) < 4.78 is 0. The zero-order valence-electron chi connectivity index (χ0n) is 12.0. The largest absolute Gasteiger partial charge is 0.325 e. The summed E-state index contributed by atoms with van der Waals surface area (Å²) in [6.07, 6.45) is 0.392. The van der Waals surface area contributed by atoms with Crippen LogP contribution < -0.4 is 5.32 Å². The maximum Gasteiger partial charge on any atom is 0.228 e. The molecule has 0 aliphatic carbocycles. The Balaban J connectivity index is 1.79. The first kappa shape index (κ1) is 13.4. The van der Waals surface area contributed by atoms with Gasteiger partial charge in [0, 0.05) is 11.1 Å². The van der Waals surface area contributed by atoms with E-state index < -0.39 is 0 Å². The van der Waals surface area contributed by atoms with Crippen molar-refractivity contribution in [3.63, 3.8) is 0 Å². The average molecular weight is 275 g/mol. The fourth-order valence-electron chi connectivity index (χ4n) is 2.42. The highest BCUT2D eigenvalue weighted by atomic mass is 16.1. The molecule has 0 atom stereocenters. The van der Waals surface area contributed by atoms with Crippen molar-refractivity contribution in [3.05, 3.63) is 77.9 Å². The van der Waals surface area contributed by atoms with Crippen LogP contribution in [0.4, 0.5) is 5.69 Å². The third-order valence-corrected chi connectivity index (χ3v) is 3.55. The monoisotopic (exact) mass is 275 g/mol. The lowest BCUT2D eigenvalue weighted by Crippen LogP contribution is -2.14. The van der Waals surface area contributed by atoms with Crippen LogP contribution in [0.2, 0.25) is 0 Å². The molecule has 3 aromatic rings. The molecule has 0 heterocycles. The predicted molar refractivity (Wildman–Crippen MR) is 87.5 cm³/mol. The molecule has 1 amide bonds. The van der Waals surface area contributed by atoms with Gasteiger partial charge in [0.15, 0.2) is 0 Å². The summed E-state index contributed by atoms with van der Waals surface area (Å²) in [5.74, 6) is 0.00945. The lowest BCUT2D eigenvalue weighted by atomic mass is 10.1. The summed E-state index contributed by atoms with van der Waals surface area (Å²) in [4.78, 5) is 12.2. The lowest BCUT2D eigenvalue weighted by Gasteiger charge is -2.09. The molecule has 0 fully saturated rings. The Morgan fingerprint density at radius 3 is 2.43 bits per heavy atom. The van der Waals surface area contributed by atoms with E-state index in [4.69, 9.17) is 0 Å². The van der Waals surface area contributed by atoms with E-state index in [0.29, 0.717) is 6.42 Å². The normalized spacial score (nSPS) is 10.5. The molecule has 0 saturated heterocycles. The molecule has 0 aliphatic heterocycles. The van der Waals surface area contributed by atoms with Crippen molar-refractivity contribution in [2.24, 2.45) is 0 Å². The summed E-state index contributed by atoms with van der Waals surface area (Å²) in [7, 11) is 0. The molecule has 3 rings (SSSR count). The summed E-state index contributed by atoms with van der Waals surface area (Å²) in [5, 5.41) is 5.21. The molecular formula is C19H17NO. The van der Waals surface area contributed by atoms with E-state index in [1.165, 1.54) is 5.56 Å². The fraction of sp³-hybridized carbons (Fsp3) is 0.105. The number of amides is 1. The van der Waals surface area contributed by atoms with Crippen LogP contribution in [0.15, 0.2) is 66.7 Å². The van der Waals surface area contributed by atoms with Gasteiger partial charge in [0.2, 0.25) is 5.91 Å².